The number of aryl methyl sites for hydroxylation is 1. The summed E-state index contributed by atoms with van der Waals surface area (Å²) in [5.74, 6) is 1.24. The Morgan fingerprint density at radius 2 is 2.33 bits per heavy atom. The van der Waals surface area contributed by atoms with Crippen molar-refractivity contribution in [2.45, 2.75) is 25.8 Å². The van der Waals surface area contributed by atoms with Crippen molar-refractivity contribution in [1.29, 1.82) is 0 Å². The van der Waals surface area contributed by atoms with Crippen molar-refractivity contribution in [2.24, 2.45) is 0 Å². The van der Waals surface area contributed by atoms with E-state index in [9.17, 15) is 4.79 Å². The lowest BCUT2D eigenvalue weighted by molar-refractivity contribution is -0.122. The molecule has 0 bridgehead atoms. The molecule has 3 aromatic rings. The molecule has 1 aliphatic heterocycles. The first-order valence-corrected chi connectivity index (χ1v) is 9.49. The Hall–Kier alpha value is -3.81. The molecule has 0 saturated carbocycles. The van der Waals surface area contributed by atoms with Gasteiger partial charge in [-0.2, -0.15) is 0 Å². The zero-order valence-electron chi connectivity index (χ0n) is 16.9. The van der Waals surface area contributed by atoms with Gasteiger partial charge in [0.1, 0.15) is 23.0 Å². The molecule has 30 heavy (non-hydrogen) atoms. The number of imidazole rings is 1. The maximum atomic E-state index is 13.0. The number of piperidine rings is 1. The van der Waals surface area contributed by atoms with E-state index >= 15 is 0 Å². The number of hydrogen-bond donors (Lipinski definition) is 2. The van der Waals surface area contributed by atoms with Crippen molar-refractivity contribution in [3.63, 3.8) is 0 Å². The van der Waals surface area contributed by atoms with Crippen LogP contribution in [0, 0.1) is 6.92 Å². The predicted molar refractivity (Wildman–Crippen MR) is 113 cm³/mol. The highest BCUT2D eigenvalue weighted by atomic mass is 16.5. The number of carbonyl (C=O) groups excluding carboxylic acids is 1. The Kier molecular flexibility index (Phi) is 5.14. The molecule has 8 heteroatoms. The second-order valence-corrected chi connectivity index (χ2v) is 7.18. The van der Waals surface area contributed by atoms with Crippen LogP contribution in [0.5, 0.6) is 0 Å². The first kappa shape index (κ1) is 19.5. The van der Waals surface area contributed by atoms with Gasteiger partial charge in [0.15, 0.2) is 6.39 Å². The van der Waals surface area contributed by atoms with Crippen LogP contribution in [-0.4, -0.2) is 27.4 Å². The van der Waals surface area contributed by atoms with Gasteiger partial charge in [-0.1, -0.05) is 19.2 Å². The molecule has 2 N–H and O–H groups in total. The number of oxazole rings is 1. The molecular weight excluding hydrogens is 382 g/mol. The van der Waals surface area contributed by atoms with Crippen LogP contribution in [0.2, 0.25) is 0 Å². The predicted octanol–water partition coefficient (Wildman–Crippen LogP) is 3.45. The zero-order chi connectivity index (χ0) is 21.3. The molecule has 0 aromatic carbocycles. The number of aromatic nitrogens is 3. The van der Waals surface area contributed by atoms with Crippen molar-refractivity contribution >= 4 is 17.4 Å². The number of allylic oxidation sites excluding steroid dienone is 2. The fraction of sp³-hybridized carbons (Fsp3) is 0.227. The minimum Gasteiger partial charge on any atom is -0.497 e. The van der Waals surface area contributed by atoms with E-state index in [2.05, 4.69) is 28.8 Å². The van der Waals surface area contributed by atoms with Gasteiger partial charge in [-0.15, -0.1) is 0 Å². The van der Waals surface area contributed by atoms with E-state index in [0.717, 1.165) is 22.6 Å². The molecule has 1 amide bonds. The summed E-state index contributed by atoms with van der Waals surface area (Å²) < 4.78 is 12.4. The maximum Gasteiger partial charge on any atom is 0.234 e. The quantitative estimate of drug-likeness (QED) is 0.610. The van der Waals surface area contributed by atoms with E-state index in [1.165, 1.54) is 13.5 Å². The molecule has 4 heterocycles. The Bertz CT molecular complexity index is 1160. The van der Waals surface area contributed by atoms with Crippen molar-refractivity contribution in [3.05, 3.63) is 84.2 Å². The zero-order valence-corrected chi connectivity index (χ0v) is 16.9. The van der Waals surface area contributed by atoms with E-state index < -0.39 is 5.92 Å². The lowest BCUT2D eigenvalue weighted by atomic mass is 9.90. The first-order valence-electron chi connectivity index (χ1n) is 9.49. The number of nitrogens with zero attached hydrogens (tertiary/aromatic N) is 3. The molecule has 0 radical (unpaired) electrons. The van der Waals surface area contributed by atoms with E-state index in [4.69, 9.17) is 14.1 Å². The lowest BCUT2D eigenvalue weighted by Gasteiger charge is -2.26. The number of carbonyl (C=O) groups is 1. The van der Waals surface area contributed by atoms with Gasteiger partial charge in [0, 0.05) is 18.0 Å². The highest BCUT2D eigenvalue weighted by Crippen LogP contribution is 2.35. The third-order valence-electron chi connectivity index (χ3n) is 5.01. The van der Waals surface area contributed by atoms with Gasteiger partial charge in [-0.3, -0.25) is 9.20 Å². The summed E-state index contributed by atoms with van der Waals surface area (Å²) in [5, 5.41) is 6.27. The fourth-order valence-electron chi connectivity index (χ4n) is 3.42. The third-order valence-corrected chi connectivity index (χ3v) is 5.01. The Labute approximate surface area is 174 Å². The lowest BCUT2D eigenvalue weighted by Crippen LogP contribution is -2.35. The van der Waals surface area contributed by atoms with Crippen LogP contribution >= 0.6 is 0 Å². The molecule has 1 aliphatic rings. The Balaban J connectivity index is 1.70. The molecule has 1 fully saturated rings. The van der Waals surface area contributed by atoms with Gasteiger partial charge in [-0.25, -0.2) is 9.97 Å². The van der Waals surface area contributed by atoms with Crippen molar-refractivity contribution in [1.82, 2.24) is 19.7 Å². The largest absolute Gasteiger partial charge is 0.497 e. The smallest absolute Gasteiger partial charge is 0.234 e. The minimum absolute atomic E-state index is 0.152. The fourth-order valence-corrected chi connectivity index (χ4v) is 3.42. The molecule has 3 aromatic heterocycles. The van der Waals surface area contributed by atoms with E-state index in [1.54, 1.807) is 12.3 Å². The number of rotatable bonds is 6. The Morgan fingerprint density at radius 1 is 1.50 bits per heavy atom. The number of ether oxygens (including phenoxy) is 1. The second-order valence-electron chi connectivity index (χ2n) is 7.18. The number of anilines is 1. The topological polar surface area (TPSA) is 93.7 Å². The second kappa shape index (κ2) is 7.90. The number of fused-ring (bicyclic) bond motifs is 1. The van der Waals surface area contributed by atoms with Gasteiger partial charge in [0.2, 0.25) is 5.91 Å². The number of amides is 1. The average Bonchev–Trinajstić information content (AvgIpc) is 3.36. The summed E-state index contributed by atoms with van der Waals surface area (Å²) in [6.07, 6.45) is 7.13. The highest BCUT2D eigenvalue weighted by molar-refractivity contribution is 5.89. The normalized spacial score (nSPS) is 17.9. The summed E-state index contributed by atoms with van der Waals surface area (Å²) in [5.41, 5.74) is 3.88. The first-order chi connectivity index (χ1) is 14.5. The van der Waals surface area contributed by atoms with E-state index in [0.29, 0.717) is 35.9 Å². The highest BCUT2D eigenvalue weighted by Gasteiger charge is 2.33. The van der Waals surface area contributed by atoms with E-state index in [1.807, 2.05) is 29.7 Å². The van der Waals surface area contributed by atoms with Gasteiger partial charge < -0.3 is 19.8 Å². The number of hydrogen-bond acceptors (Lipinski definition) is 6. The average molecular weight is 405 g/mol. The van der Waals surface area contributed by atoms with Gasteiger partial charge in [0.25, 0.3) is 0 Å². The molecule has 8 nitrogen and oxygen atoms in total. The van der Waals surface area contributed by atoms with Crippen molar-refractivity contribution < 1.29 is 13.9 Å². The summed E-state index contributed by atoms with van der Waals surface area (Å²) in [7, 11) is 1.53. The van der Waals surface area contributed by atoms with Gasteiger partial charge >= 0.3 is 0 Å². The SMILES string of the molecule is C=C(/C=C1/NC(=O)C(c2nc3ccc(C)cn3c2NCc2cnco2)CC1=C)OC. The monoisotopic (exact) mass is 405 g/mol. The molecule has 1 unspecified atom stereocenters. The Morgan fingerprint density at radius 3 is 3.07 bits per heavy atom. The van der Waals surface area contributed by atoms with E-state index in [-0.39, 0.29) is 5.91 Å². The molecule has 154 valence electrons. The number of nitrogens with one attached hydrogen (secondary N) is 2. The summed E-state index contributed by atoms with van der Waals surface area (Å²) >= 11 is 0. The summed E-state index contributed by atoms with van der Waals surface area (Å²) in [6, 6.07) is 3.92. The summed E-state index contributed by atoms with van der Waals surface area (Å²) in [4.78, 5) is 21.7. The number of pyridine rings is 1. The van der Waals surface area contributed by atoms with Crippen molar-refractivity contribution in [2.75, 3.05) is 12.4 Å². The maximum absolute atomic E-state index is 13.0. The standard InChI is InChI=1S/C22H23N5O3/c1-13-5-6-19-26-20(21(27(19)11-13)24-10-16-9-23-12-30-16)17-7-14(2)18(25-22(17)28)8-15(3)29-4/h5-6,8-9,11-12,17,24H,2-3,7,10H2,1,4H3,(H,25,28)/b18-8+. The van der Waals surface area contributed by atoms with Crippen LogP contribution in [0.1, 0.15) is 29.4 Å². The molecule has 0 spiro atoms. The third kappa shape index (κ3) is 3.71. The molecule has 1 saturated heterocycles. The molecule has 0 aliphatic carbocycles. The minimum atomic E-state index is -0.483. The molecule has 4 rings (SSSR count). The van der Waals surface area contributed by atoms with Gasteiger partial charge in [0.05, 0.1) is 31.5 Å². The molecular formula is C22H23N5O3. The van der Waals surface area contributed by atoms with Crippen LogP contribution in [0.4, 0.5) is 5.82 Å². The van der Waals surface area contributed by atoms with Crippen LogP contribution in [-0.2, 0) is 16.1 Å². The van der Waals surface area contributed by atoms with Crippen LogP contribution in [0.25, 0.3) is 5.65 Å². The van der Waals surface area contributed by atoms with Crippen LogP contribution in [0.3, 0.4) is 0 Å². The van der Waals surface area contributed by atoms with Crippen LogP contribution < -0.4 is 10.6 Å². The van der Waals surface area contributed by atoms with Gasteiger partial charge in [-0.05, 0) is 30.5 Å². The molecule has 1 atom stereocenters. The van der Waals surface area contributed by atoms with Crippen molar-refractivity contribution in [3.8, 4) is 0 Å². The summed E-state index contributed by atoms with van der Waals surface area (Å²) in [6.45, 7) is 10.3. The van der Waals surface area contributed by atoms with Crippen LogP contribution in [0.15, 0.2) is 71.6 Å². The number of methoxy groups -OCH3 is 1.